The highest BCUT2D eigenvalue weighted by atomic mass is 32.1. The van der Waals surface area contributed by atoms with E-state index in [1.54, 1.807) is 42.1 Å². The van der Waals surface area contributed by atoms with E-state index in [9.17, 15) is 14.7 Å². The van der Waals surface area contributed by atoms with Crippen LogP contribution in [-0.4, -0.2) is 21.6 Å². The smallest absolute Gasteiger partial charge is 0.310 e. The van der Waals surface area contributed by atoms with Crippen LogP contribution in [0.5, 0.6) is 0 Å². The molecule has 138 valence electrons. The minimum Gasteiger partial charge on any atom is -0.481 e. The van der Waals surface area contributed by atoms with Gasteiger partial charge in [-0.25, -0.2) is 4.99 Å². The van der Waals surface area contributed by atoms with Crippen LogP contribution in [0.1, 0.15) is 28.9 Å². The zero-order valence-electron chi connectivity index (χ0n) is 14.9. The lowest BCUT2D eigenvalue weighted by atomic mass is 10.00. The highest BCUT2D eigenvalue weighted by Crippen LogP contribution is 2.26. The number of nitrogens with zero attached hydrogens (tertiary/aromatic N) is 2. The number of rotatable bonds is 5. The van der Waals surface area contributed by atoms with Crippen LogP contribution in [0.3, 0.4) is 0 Å². The largest absolute Gasteiger partial charge is 0.481 e. The van der Waals surface area contributed by atoms with Gasteiger partial charge in [0.15, 0.2) is 4.80 Å². The molecule has 0 bridgehead atoms. The first-order valence-electron chi connectivity index (χ1n) is 8.34. The number of amides is 1. The Morgan fingerprint density at radius 1 is 1.11 bits per heavy atom. The number of carbonyl (C=O) groups excluding carboxylic acids is 1. The van der Waals surface area contributed by atoms with E-state index in [1.165, 1.54) is 11.3 Å². The summed E-state index contributed by atoms with van der Waals surface area (Å²) in [6.45, 7) is 1.63. The van der Waals surface area contributed by atoms with Crippen molar-refractivity contribution in [2.24, 2.45) is 12.0 Å². The Bertz CT molecular complexity index is 1040. The molecular weight excluding hydrogens is 362 g/mol. The van der Waals surface area contributed by atoms with E-state index in [0.717, 1.165) is 0 Å². The van der Waals surface area contributed by atoms with Crippen LogP contribution in [0.2, 0.25) is 0 Å². The molecule has 1 unspecified atom stereocenters. The van der Waals surface area contributed by atoms with Crippen molar-refractivity contribution in [3.63, 3.8) is 0 Å². The van der Waals surface area contributed by atoms with E-state index in [-0.39, 0.29) is 5.91 Å². The van der Waals surface area contributed by atoms with Crippen LogP contribution >= 0.6 is 11.3 Å². The molecule has 2 N–H and O–H groups in total. The molecule has 1 amide bonds. The van der Waals surface area contributed by atoms with E-state index < -0.39 is 11.9 Å². The Morgan fingerprint density at radius 3 is 2.48 bits per heavy atom. The van der Waals surface area contributed by atoms with Gasteiger partial charge in [-0.3, -0.25) is 9.59 Å². The molecule has 0 aliphatic carbocycles. The number of aromatic nitrogens is 1. The predicted molar refractivity (Wildman–Crippen MR) is 105 cm³/mol. The van der Waals surface area contributed by atoms with Crippen LogP contribution < -0.4 is 10.1 Å². The number of carbonyl (C=O) groups is 2. The fraction of sp³-hybridized carbons (Fsp3) is 0.150. The molecule has 0 radical (unpaired) electrons. The van der Waals surface area contributed by atoms with Crippen molar-refractivity contribution in [2.45, 2.75) is 12.8 Å². The minimum absolute atomic E-state index is 0.228. The number of hydrogen-bond acceptors (Lipinski definition) is 4. The molecular formula is C20H19N3O3S. The summed E-state index contributed by atoms with van der Waals surface area (Å²) in [5.41, 5.74) is 2.41. The van der Waals surface area contributed by atoms with Crippen LogP contribution in [0.15, 0.2) is 65.0 Å². The van der Waals surface area contributed by atoms with Gasteiger partial charge >= 0.3 is 5.97 Å². The standard InChI is InChI=1S/C20H19N3O3S/c1-13(19(25)26)15-10-6-7-11-16(15)22-20-23(2)17(12-27-20)18(24)21-14-8-4-3-5-9-14/h3-13H,1-2H3,(H,21,24)(H,25,26). The summed E-state index contributed by atoms with van der Waals surface area (Å²) in [6.07, 6.45) is 0. The summed E-state index contributed by atoms with van der Waals surface area (Å²) in [5, 5.41) is 13.9. The van der Waals surface area contributed by atoms with Crippen LogP contribution in [-0.2, 0) is 11.8 Å². The highest BCUT2D eigenvalue weighted by Gasteiger charge is 2.17. The van der Waals surface area contributed by atoms with Gasteiger partial charge in [0.25, 0.3) is 5.91 Å². The van der Waals surface area contributed by atoms with Gasteiger partial charge in [0.1, 0.15) is 5.69 Å². The summed E-state index contributed by atoms with van der Waals surface area (Å²) < 4.78 is 1.70. The SMILES string of the molecule is CC(C(=O)O)c1ccccc1N=c1scc(C(=O)Nc2ccccc2)n1C. The maximum absolute atomic E-state index is 12.5. The third-order valence-corrected chi connectivity index (χ3v) is 5.10. The number of para-hydroxylation sites is 2. The molecule has 0 saturated carbocycles. The Kier molecular flexibility index (Phi) is 5.52. The van der Waals surface area contributed by atoms with Crippen molar-refractivity contribution in [1.29, 1.82) is 0 Å². The van der Waals surface area contributed by atoms with Crippen LogP contribution in [0, 0.1) is 0 Å². The average Bonchev–Trinajstić information content (AvgIpc) is 3.03. The number of benzene rings is 2. The summed E-state index contributed by atoms with van der Waals surface area (Å²) in [6, 6.07) is 16.4. The second-order valence-electron chi connectivity index (χ2n) is 6.01. The normalized spacial score (nSPS) is 12.6. The summed E-state index contributed by atoms with van der Waals surface area (Å²) >= 11 is 1.33. The van der Waals surface area contributed by atoms with Crippen molar-refractivity contribution in [3.05, 3.63) is 76.0 Å². The van der Waals surface area contributed by atoms with Gasteiger partial charge in [0, 0.05) is 18.1 Å². The van der Waals surface area contributed by atoms with Gasteiger partial charge in [-0.2, -0.15) is 0 Å². The minimum atomic E-state index is -0.906. The maximum Gasteiger partial charge on any atom is 0.310 e. The fourth-order valence-corrected chi connectivity index (χ4v) is 3.47. The molecule has 3 aromatic rings. The lowest BCUT2D eigenvalue weighted by Gasteiger charge is -2.09. The number of anilines is 1. The number of thiazole rings is 1. The fourth-order valence-electron chi connectivity index (χ4n) is 2.59. The van der Waals surface area contributed by atoms with E-state index in [2.05, 4.69) is 10.3 Å². The second kappa shape index (κ2) is 8.01. The van der Waals surface area contributed by atoms with Gasteiger partial charge in [-0.05, 0) is 30.7 Å². The van der Waals surface area contributed by atoms with Gasteiger partial charge in [-0.1, -0.05) is 36.4 Å². The first-order chi connectivity index (χ1) is 13.0. The molecule has 0 aliphatic rings. The van der Waals surface area contributed by atoms with Crippen molar-refractivity contribution in [1.82, 2.24) is 4.57 Å². The molecule has 6 nitrogen and oxygen atoms in total. The Hall–Kier alpha value is -3.19. The van der Waals surface area contributed by atoms with Gasteiger partial charge < -0.3 is 15.0 Å². The average molecular weight is 381 g/mol. The maximum atomic E-state index is 12.5. The van der Waals surface area contributed by atoms with Crippen molar-refractivity contribution in [3.8, 4) is 0 Å². The van der Waals surface area contributed by atoms with E-state index >= 15 is 0 Å². The zero-order chi connectivity index (χ0) is 19.4. The third kappa shape index (κ3) is 4.15. The lowest BCUT2D eigenvalue weighted by Crippen LogP contribution is -2.21. The van der Waals surface area contributed by atoms with Crippen molar-refractivity contribution in [2.75, 3.05) is 5.32 Å². The third-order valence-electron chi connectivity index (χ3n) is 4.18. The number of nitrogens with one attached hydrogen (secondary N) is 1. The number of carboxylic acids is 1. The Morgan fingerprint density at radius 2 is 1.78 bits per heavy atom. The molecule has 7 heteroatoms. The van der Waals surface area contributed by atoms with Crippen molar-refractivity contribution >= 4 is 34.6 Å². The van der Waals surface area contributed by atoms with E-state index in [0.29, 0.717) is 27.4 Å². The highest BCUT2D eigenvalue weighted by molar-refractivity contribution is 7.07. The molecule has 1 atom stereocenters. The molecule has 0 spiro atoms. The molecule has 0 fully saturated rings. The number of aliphatic carboxylic acids is 1. The molecule has 1 heterocycles. The zero-order valence-corrected chi connectivity index (χ0v) is 15.7. The van der Waals surface area contributed by atoms with Gasteiger partial charge in [-0.15, -0.1) is 11.3 Å². The number of carboxylic acid groups (broad SMARTS) is 1. The first kappa shape index (κ1) is 18.6. The molecule has 0 saturated heterocycles. The van der Waals surface area contributed by atoms with Crippen LogP contribution in [0.25, 0.3) is 0 Å². The van der Waals surface area contributed by atoms with Crippen molar-refractivity contribution < 1.29 is 14.7 Å². The van der Waals surface area contributed by atoms with Gasteiger partial charge in [0.05, 0.1) is 11.6 Å². The summed E-state index contributed by atoms with van der Waals surface area (Å²) in [7, 11) is 1.76. The van der Waals surface area contributed by atoms with E-state index in [4.69, 9.17) is 0 Å². The summed E-state index contributed by atoms with van der Waals surface area (Å²) in [4.78, 5) is 29.1. The predicted octanol–water partition coefficient (Wildman–Crippen LogP) is 3.76. The lowest BCUT2D eigenvalue weighted by molar-refractivity contribution is -0.138. The Labute approximate surface area is 160 Å². The van der Waals surface area contributed by atoms with E-state index in [1.807, 2.05) is 36.4 Å². The number of hydrogen-bond donors (Lipinski definition) is 2. The summed E-state index contributed by atoms with van der Waals surface area (Å²) in [5.74, 6) is -1.80. The van der Waals surface area contributed by atoms with Gasteiger partial charge in [0.2, 0.25) is 0 Å². The van der Waals surface area contributed by atoms with Crippen LogP contribution in [0.4, 0.5) is 11.4 Å². The quantitative estimate of drug-likeness (QED) is 0.706. The molecule has 3 rings (SSSR count). The molecule has 1 aromatic heterocycles. The second-order valence-corrected chi connectivity index (χ2v) is 6.85. The Balaban J connectivity index is 1.94. The molecule has 0 aliphatic heterocycles. The first-order valence-corrected chi connectivity index (χ1v) is 9.22. The topological polar surface area (TPSA) is 83.7 Å². The molecule has 27 heavy (non-hydrogen) atoms. The molecule has 2 aromatic carbocycles. The monoisotopic (exact) mass is 381 g/mol.